The highest BCUT2D eigenvalue weighted by atomic mass is 19.1. The van der Waals surface area contributed by atoms with Crippen LogP contribution in [0.15, 0.2) is 24.3 Å². The van der Waals surface area contributed by atoms with Crippen LogP contribution in [0.4, 0.5) is 4.39 Å². The smallest absolute Gasteiger partial charge is 0.239 e. The first-order valence-electron chi connectivity index (χ1n) is 8.62. The molecule has 0 aromatic heterocycles. The molecule has 0 bridgehead atoms. The highest BCUT2D eigenvalue weighted by Gasteiger charge is 2.15. The number of rotatable bonds is 8. The number of morpholine rings is 1. The summed E-state index contributed by atoms with van der Waals surface area (Å²) in [7, 11) is 0. The maximum atomic E-state index is 13.7. The molecule has 1 N–H and O–H groups in total. The SMILES string of the molecule is CC(=O)N(CCc1ccccc1F)CC(=O)NCCN1CCOCC1. The van der Waals surface area contributed by atoms with Gasteiger partial charge in [-0.25, -0.2) is 4.39 Å². The summed E-state index contributed by atoms with van der Waals surface area (Å²) >= 11 is 0. The predicted octanol–water partition coefficient (Wildman–Crippen LogP) is 0.665. The van der Waals surface area contributed by atoms with Gasteiger partial charge in [0, 0.05) is 39.6 Å². The van der Waals surface area contributed by atoms with Crippen LogP contribution in [0.5, 0.6) is 0 Å². The number of amides is 2. The van der Waals surface area contributed by atoms with Crippen LogP contribution < -0.4 is 5.32 Å². The van der Waals surface area contributed by atoms with Crippen LogP contribution in [0, 0.1) is 5.82 Å². The molecule has 2 amide bonds. The van der Waals surface area contributed by atoms with Crippen LogP contribution in [-0.2, 0) is 20.7 Å². The Hall–Kier alpha value is -1.99. The molecule has 1 aromatic carbocycles. The zero-order chi connectivity index (χ0) is 18.1. The lowest BCUT2D eigenvalue weighted by Crippen LogP contribution is -2.44. The van der Waals surface area contributed by atoms with Crippen molar-refractivity contribution in [2.45, 2.75) is 13.3 Å². The molecule has 0 radical (unpaired) electrons. The minimum Gasteiger partial charge on any atom is -0.379 e. The molecule has 2 rings (SSSR count). The molecule has 1 aliphatic heterocycles. The Morgan fingerprint density at radius 3 is 2.68 bits per heavy atom. The highest BCUT2D eigenvalue weighted by molar-refractivity contribution is 5.83. The van der Waals surface area contributed by atoms with E-state index in [4.69, 9.17) is 4.74 Å². The molecule has 1 aliphatic rings. The second-order valence-corrected chi connectivity index (χ2v) is 6.09. The zero-order valence-electron chi connectivity index (χ0n) is 14.7. The van der Waals surface area contributed by atoms with Crippen molar-refractivity contribution in [2.24, 2.45) is 0 Å². The van der Waals surface area contributed by atoms with Gasteiger partial charge >= 0.3 is 0 Å². The molecule has 0 saturated carbocycles. The van der Waals surface area contributed by atoms with Crippen LogP contribution in [0.1, 0.15) is 12.5 Å². The van der Waals surface area contributed by atoms with Crippen molar-refractivity contribution < 1.29 is 18.7 Å². The van der Waals surface area contributed by atoms with Crippen LogP contribution in [-0.4, -0.2) is 74.1 Å². The van der Waals surface area contributed by atoms with Gasteiger partial charge in [0.05, 0.1) is 19.8 Å². The van der Waals surface area contributed by atoms with Gasteiger partial charge in [-0.1, -0.05) is 18.2 Å². The Morgan fingerprint density at radius 1 is 1.28 bits per heavy atom. The summed E-state index contributed by atoms with van der Waals surface area (Å²) in [5.41, 5.74) is 0.543. The summed E-state index contributed by atoms with van der Waals surface area (Å²) in [6.45, 7) is 6.23. The maximum Gasteiger partial charge on any atom is 0.239 e. The van der Waals surface area contributed by atoms with Gasteiger partial charge in [0.15, 0.2) is 0 Å². The molecular weight excluding hydrogens is 325 g/mol. The summed E-state index contributed by atoms with van der Waals surface area (Å²) in [6, 6.07) is 6.47. The first-order valence-corrected chi connectivity index (χ1v) is 8.62. The molecule has 0 unspecified atom stereocenters. The monoisotopic (exact) mass is 351 g/mol. The van der Waals surface area contributed by atoms with E-state index in [0.717, 1.165) is 32.8 Å². The lowest BCUT2D eigenvalue weighted by molar-refractivity contribution is -0.134. The molecule has 6 nitrogen and oxygen atoms in total. The van der Waals surface area contributed by atoms with E-state index >= 15 is 0 Å². The van der Waals surface area contributed by atoms with Gasteiger partial charge in [-0.3, -0.25) is 14.5 Å². The predicted molar refractivity (Wildman–Crippen MR) is 92.6 cm³/mol. The second kappa shape index (κ2) is 10.1. The minimum atomic E-state index is -0.291. The molecule has 1 heterocycles. The normalized spacial score (nSPS) is 15.0. The fourth-order valence-electron chi connectivity index (χ4n) is 2.71. The minimum absolute atomic E-state index is 0.00705. The average molecular weight is 351 g/mol. The molecule has 0 atom stereocenters. The summed E-state index contributed by atoms with van der Waals surface area (Å²) < 4.78 is 18.9. The van der Waals surface area contributed by atoms with Crippen molar-refractivity contribution in [3.8, 4) is 0 Å². The molecule has 0 aliphatic carbocycles. The summed E-state index contributed by atoms with van der Waals surface area (Å²) in [4.78, 5) is 27.5. The Labute approximate surface area is 147 Å². The first-order chi connectivity index (χ1) is 12.1. The van der Waals surface area contributed by atoms with Gasteiger partial charge in [-0.15, -0.1) is 0 Å². The third-order valence-electron chi connectivity index (χ3n) is 4.24. The Kier molecular flexibility index (Phi) is 7.81. The number of nitrogens with zero attached hydrogens (tertiary/aromatic N) is 2. The van der Waals surface area contributed by atoms with Gasteiger partial charge in [0.2, 0.25) is 11.8 Å². The molecule has 138 valence electrons. The molecule has 1 aromatic rings. The first kappa shape index (κ1) is 19.3. The summed E-state index contributed by atoms with van der Waals surface area (Å²) in [5.74, 6) is -0.683. The number of carbonyl (C=O) groups is 2. The molecule has 0 spiro atoms. The van der Waals surface area contributed by atoms with E-state index in [2.05, 4.69) is 10.2 Å². The van der Waals surface area contributed by atoms with E-state index in [1.54, 1.807) is 18.2 Å². The van der Waals surface area contributed by atoms with Gasteiger partial charge in [-0.05, 0) is 18.1 Å². The quantitative estimate of drug-likeness (QED) is 0.748. The summed E-state index contributed by atoms with van der Waals surface area (Å²) in [6.07, 6.45) is 0.382. The van der Waals surface area contributed by atoms with Crippen LogP contribution >= 0.6 is 0 Å². The van der Waals surface area contributed by atoms with E-state index in [0.29, 0.717) is 25.1 Å². The third-order valence-corrected chi connectivity index (χ3v) is 4.24. The average Bonchev–Trinajstić information content (AvgIpc) is 2.60. The van der Waals surface area contributed by atoms with Gasteiger partial charge in [-0.2, -0.15) is 0 Å². The number of hydrogen-bond acceptors (Lipinski definition) is 4. The van der Waals surface area contributed by atoms with E-state index in [-0.39, 0.29) is 24.2 Å². The highest BCUT2D eigenvalue weighted by Crippen LogP contribution is 2.08. The Balaban J connectivity index is 1.73. The Morgan fingerprint density at radius 2 is 2.00 bits per heavy atom. The van der Waals surface area contributed by atoms with Crippen molar-refractivity contribution in [1.82, 2.24) is 15.1 Å². The van der Waals surface area contributed by atoms with E-state index in [1.165, 1.54) is 17.9 Å². The van der Waals surface area contributed by atoms with Crippen molar-refractivity contribution in [3.63, 3.8) is 0 Å². The number of benzene rings is 1. The lowest BCUT2D eigenvalue weighted by atomic mass is 10.1. The maximum absolute atomic E-state index is 13.7. The largest absolute Gasteiger partial charge is 0.379 e. The molecule has 1 saturated heterocycles. The molecular formula is C18H26FN3O3. The van der Waals surface area contributed by atoms with Crippen molar-refractivity contribution in [1.29, 1.82) is 0 Å². The number of carbonyl (C=O) groups excluding carboxylic acids is 2. The number of halogens is 1. The van der Waals surface area contributed by atoms with Crippen LogP contribution in [0.25, 0.3) is 0 Å². The Bertz CT molecular complexity index is 576. The number of hydrogen-bond donors (Lipinski definition) is 1. The van der Waals surface area contributed by atoms with Crippen molar-refractivity contribution >= 4 is 11.8 Å². The summed E-state index contributed by atoms with van der Waals surface area (Å²) in [5, 5.41) is 2.84. The number of ether oxygens (including phenoxy) is 1. The molecule has 7 heteroatoms. The fourth-order valence-corrected chi connectivity index (χ4v) is 2.71. The van der Waals surface area contributed by atoms with E-state index < -0.39 is 0 Å². The second-order valence-electron chi connectivity index (χ2n) is 6.09. The van der Waals surface area contributed by atoms with Crippen molar-refractivity contribution in [2.75, 3.05) is 52.5 Å². The van der Waals surface area contributed by atoms with E-state index in [9.17, 15) is 14.0 Å². The standard InChI is InChI=1S/C18H26FN3O3/c1-15(23)22(8-6-16-4-2-3-5-17(16)19)14-18(24)20-7-9-21-10-12-25-13-11-21/h2-5H,6-14H2,1H3,(H,20,24). The zero-order valence-corrected chi connectivity index (χ0v) is 14.7. The van der Waals surface area contributed by atoms with Gasteiger partial charge < -0.3 is 15.0 Å². The van der Waals surface area contributed by atoms with Crippen LogP contribution in [0.2, 0.25) is 0 Å². The van der Waals surface area contributed by atoms with Crippen molar-refractivity contribution in [3.05, 3.63) is 35.6 Å². The van der Waals surface area contributed by atoms with Gasteiger partial charge in [0.1, 0.15) is 5.82 Å². The fraction of sp³-hybridized carbons (Fsp3) is 0.556. The van der Waals surface area contributed by atoms with Gasteiger partial charge in [0.25, 0.3) is 0 Å². The van der Waals surface area contributed by atoms with Crippen LogP contribution in [0.3, 0.4) is 0 Å². The lowest BCUT2D eigenvalue weighted by Gasteiger charge is -2.26. The number of nitrogens with one attached hydrogen (secondary N) is 1. The molecule has 1 fully saturated rings. The molecule has 25 heavy (non-hydrogen) atoms. The topological polar surface area (TPSA) is 61.9 Å². The van der Waals surface area contributed by atoms with E-state index in [1.807, 2.05) is 0 Å². The third kappa shape index (κ3) is 6.80.